The first-order valence-electron chi connectivity index (χ1n) is 10.2. The van der Waals surface area contributed by atoms with Gasteiger partial charge in [0.2, 0.25) is 0 Å². The summed E-state index contributed by atoms with van der Waals surface area (Å²) in [7, 11) is 0. The van der Waals surface area contributed by atoms with Crippen LogP contribution in [0.2, 0.25) is 0 Å². The minimum Gasteiger partial charge on any atom is -0.508 e. The van der Waals surface area contributed by atoms with E-state index >= 15 is 0 Å². The van der Waals surface area contributed by atoms with Crippen LogP contribution in [0.4, 0.5) is 0 Å². The average Bonchev–Trinajstić information content (AvgIpc) is 2.62. The largest absolute Gasteiger partial charge is 0.508 e. The molecule has 8 N–H and O–H groups in total. The van der Waals surface area contributed by atoms with Gasteiger partial charge >= 0.3 is 0 Å². The van der Waals surface area contributed by atoms with Gasteiger partial charge in [0.15, 0.2) is 0 Å². The van der Waals surface area contributed by atoms with Crippen molar-refractivity contribution < 1.29 is 30.6 Å². The van der Waals surface area contributed by atoms with Gasteiger partial charge in [-0.15, -0.1) is 0 Å². The first-order valence-corrected chi connectivity index (χ1v) is 10.2. The van der Waals surface area contributed by atoms with E-state index < -0.39 is 12.2 Å². The number of phenolic OH excluding ortho intramolecular Hbond substituents is 4. The van der Waals surface area contributed by atoms with Crippen LogP contribution < -0.4 is 10.6 Å². The summed E-state index contributed by atoms with van der Waals surface area (Å²) in [5.41, 5.74) is 0.912. The first kappa shape index (κ1) is 26.5. The van der Waals surface area contributed by atoms with Crippen LogP contribution in [0, 0.1) is 0 Å². The number of phenols is 4. The van der Waals surface area contributed by atoms with Crippen LogP contribution in [0.3, 0.4) is 0 Å². The lowest BCUT2D eigenvalue weighted by molar-refractivity contribution is 0.162. The molecule has 8 nitrogen and oxygen atoms in total. The molecule has 2 aromatic carbocycles. The highest BCUT2D eigenvalue weighted by Gasteiger charge is 2.14. The van der Waals surface area contributed by atoms with Crippen molar-refractivity contribution in [1.82, 2.24) is 10.6 Å². The number of hydrogen-bond acceptors (Lipinski definition) is 8. The van der Waals surface area contributed by atoms with E-state index in [-0.39, 0.29) is 34.6 Å². The fraction of sp³-hybridized carbons (Fsp3) is 0.478. The Labute approximate surface area is 183 Å². The maximum Gasteiger partial charge on any atom is 0.119 e. The summed E-state index contributed by atoms with van der Waals surface area (Å²) < 4.78 is 0. The summed E-state index contributed by atoms with van der Waals surface area (Å²) in [5, 5.41) is 62.8. The van der Waals surface area contributed by atoms with Gasteiger partial charge in [-0.25, -0.2) is 0 Å². The van der Waals surface area contributed by atoms with Crippen LogP contribution in [0.15, 0.2) is 36.4 Å². The molecule has 8 heteroatoms. The second-order valence-corrected chi connectivity index (χ2v) is 8.79. The zero-order chi connectivity index (χ0) is 23.8. The molecule has 0 saturated carbocycles. The predicted molar refractivity (Wildman–Crippen MR) is 120 cm³/mol. The van der Waals surface area contributed by atoms with E-state index in [1.54, 1.807) is 0 Å². The minimum atomic E-state index is -0.753. The normalized spacial score (nSPS) is 13.4. The third-order valence-corrected chi connectivity index (χ3v) is 4.16. The molecule has 0 aromatic heterocycles. The maximum absolute atomic E-state index is 9.85. The number of benzene rings is 2. The highest BCUT2D eigenvalue weighted by molar-refractivity contribution is 5.38. The van der Waals surface area contributed by atoms with Crippen molar-refractivity contribution in [2.24, 2.45) is 0 Å². The van der Waals surface area contributed by atoms with Gasteiger partial charge in [-0.1, -0.05) is 13.8 Å². The zero-order valence-electron chi connectivity index (χ0n) is 18.8. The van der Waals surface area contributed by atoms with E-state index in [1.165, 1.54) is 36.4 Å². The molecular weight excluding hydrogens is 400 g/mol. The van der Waals surface area contributed by atoms with Crippen molar-refractivity contribution in [1.29, 1.82) is 0 Å². The SMILES string of the molecule is CC(C)(C)NCC(O)c1cc(O)cc(O)c1.CC(C)NCC(O)c1cc(O)cc(O)c1. The highest BCUT2D eigenvalue weighted by atomic mass is 16.3. The number of β-amino-alcohol motifs (C(OH)–C–C–N with tert-alkyl or cyclic N) is 1. The van der Waals surface area contributed by atoms with E-state index in [0.717, 1.165) is 0 Å². The van der Waals surface area contributed by atoms with Gasteiger partial charge < -0.3 is 41.3 Å². The van der Waals surface area contributed by atoms with Gasteiger partial charge in [0.1, 0.15) is 23.0 Å². The zero-order valence-corrected chi connectivity index (χ0v) is 18.8. The Balaban J connectivity index is 0.000000311. The molecule has 0 spiro atoms. The van der Waals surface area contributed by atoms with Crippen LogP contribution in [0.1, 0.15) is 58.0 Å². The minimum absolute atomic E-state index is 0.0476. The summed E-state index contributed by atoms with van der Waals surface area (Å²) in [6, 6.07) is 8.49. The molecule has 0 aliphatic heterocycles. The maximum atomic E-state index is 9.85. The molecule has 174 valence electrons. The summed E-state index contributed by atoms with van der Waals surface area (Å²) in [6.45, 7) is 10.7. The number of aliphatic hydroxyl groups is 2. The molecule has 0 aliphatic rings. The lowest BCUT2D eigenvalue weighted by Gasteiger charge is -2.23. The summed E-state index contributed by atoms with van der Waals surface area (Å²) in [5.74, 6) is -0.197. The van der Waals surface area contributed by atoms with E-state index in [4.69, 9.17) is 0 Å². The van der Waals surface area contributed by atoms with Crippen LogP contribution in [-0.4, -0.2) is 55.3 Å². The van der Waals surface area contributed by atoms with Crippen molar-refractivity contribution in [2.75, 3.05) is 13.1 Å². The Bertz CT molecular complexity index is 780. The number of nitrogens with one attached hydrogen (secondary N) is 2. The molecule has 0 heterocycles. The van der Waals surface area contributed by atoms with E-state index in [2.05, 4.69) is 10.6 Å². The summed E-state index contributed by atoms with van der Waals surface area (Å²) >= 11 is 0. The van der Waals surface area contributed by atoms with Crippen LogP contribution in [0.25, 0.3) is 0 Å². The topological polar surface area (TPSA) is 145 Å². The smallest absolute Gasteiger partial charge is 0.119 e. The first-order chi connectivity index (χ1) is 14.3. The van der Waals surface area contributed by atoms with E-state index in [0.29, 0.717) is 24.2 Å². The molecule has 2 atom stereocenters. The summed E-state index contributed by atoms with van der Waals surface area (Å²) in [6.07, 6.45) is -1.48. The van der Waals surface area contributed by atoms with Gasteiger partial charge in [-0.3, -0.25) is 0 Å². The molecule has 0 aliphatic carbocycles. The number of aromatic hydroxyl groups is 4. The average molecular weight is 437 g/mol. The van der Waals surface area contributed by atoms with E-state index in [1.807, 2.05) is 34.6 Å². The van der Waals surface area contributed by atoms with Gasteiger partial charge in [-0.05, 0) is 56.2 Å². The van der Waals surface area contributed by atoms with E-state index in [9.17, 15) is 30.6 Å². The van der Waals surface area contributed by atoms with Crippen LogP contribution >= 0.6 is 0 Å². The van der Waals surface area contributed by atoms with Crippen LogP contribution in [-0.2, 0) is 0 Å². The van der Waals surface area contributed by atoms with Gasteiger partial charge in [0.25, 0.3) is 0 Å². The fourth-order valence-electron chi connectivity index (χ4n) is 2.61. The highest BCUT2D eigenvalue weighted by Crippen LogP contribution is 2.25. The molecule has 0 bridgehead atoms. The van der Waals surface area contributed by atoms with Crippen molar-refractivity contribution in [3.8, 4) is 23.0 Å². The standard InChI is InChI=1S/C12H19NO3.C11H17NO3/c1-12(2,3)13-7-11(16)8-4-9(14)6-10(15)5-8;1-7(2)12-6-11(15)8-3-9(13)5-10(14)4-8/h4-6,11,13-16H,7H2,1-3H3;3-5,7,11-15H,6H2,1-2H3. The van der Waals surface area contributed by atoms with Gasteiger partial charge in [-0.2, -0.15) is 0 Å². The molecular formula is C23H36N2O6. The Morgan fingerprint density at radius 1 is 0.677 bits per heavy atom. The lowest BCUT2D eigenvalue weighted by Crippen LogP contribution is -2.38. The second-order valence-electron chi connectivity index (χ2n) is 8.79. The number of rotatable bonds is 7. The van der Waals surface area contributed by atoms with Crippen molar-refractivity contribution in [3.63, 3.8) is 0 Å². The molecule has 0 radical (unpaired) electrons. The Kier molecular flexibility index (Phi) is 10.1. The Morgan fingerprint density at radius 2 is 1.03 bits per heavy atom. The van der Waals surface area contributed by atoms with Crippen molar-refractivity contribution >= 4 is 0 Å². The second kappa shape index (κ2) is 11.8. The predicted octanol–water partition coefficient (Wildman–Crippen LogP) is 2.65. The van der Waals surface area contributed by atoms with Crippen LogP contribution in [0.5, 0.6) is 23.0 Å². The van der Waals surface area contributed by atoms with Crippen molar-refractivity contribution in [3.05, 3.63) is 47.5 Å². The Morgan fingerprint density at radius 3 is 1.35 bits per heavy atom. The molecule has 2 rings (SSSR count). The molecule has 2 unspecified atom stereocenters. The monoisotopic (exact) mass is 436 g/mol. The molecule has 0 fully saturated rings. The number of aliphatic hydroxyl groups excluding tert-OH is 2. The fourth-order valence-corrected chi connectivity index (χ4v) is 2.61. The molecule has 0 amide bonds. The lowest BCUT2D eigenvalue weighted by atomic mass is 10.1. The molecule has 0 saturated heterocycles. The third-order valence-electron chi connectivity index (χ3n) is 4.16. The van der Waals surface area contributed by atoms with Gasteiger partial charge in [0, 0.05) is 36.8 Å². The van der Waals surface area contributed by atoms with Crippen molar-refractivity contribution in [2.45, 2.75) is 58.4 Å². The third kappa shape index (κ3) is 10.9. The quantitative estimate of drug-likeness (QED) is 0.331. The summed E-state index contributed by atoms with van der Waals surface area (Å²) in [4.78, 5) is 0. The van der Waals surface area contributed by atoms with Gasteiger partial charge in [0.05, 0.1) is 12.2 Å². The Hall–Kier alpha value is -2.52. The molecule has 2 aromatic rings. The molecule has 31 heavy (non-hydrogen) atoms. The number of hydrogen-bond donors (Lipinski definition) is 8.